The predicted octanol–water partition coefficient (Wildman–Crippen LogP) is 3.67. The second kappa shape index (κ2) is 6.10. The van der Waals surface area contributed by atoms with Gasteiger partial charge < -0.3 is 10.1 Å². The molecular weight excluding hydrogens is 274 g/mol. The summed E-state index contributed by atoms with van der Waals surface area (Å²) in [6.07, 6.45) is -2.17. The van der Waals surface area contributed by atoms with Gasteiger partial charge in [-0.05, 0) is 44.0 Å². The van der Waals surface area contributed by atoms with Crippen LogP contribution in [0.5, 0.6) is 0 Å². The Kier molecular flexibility index (Phi) is 4.65. The number of nitrogens with one attached hydrogen (secondary N) is 1. The fourth-order valence-corrected chi connectivity index (χ4v) is 2.49. The second-order valence-electron chi connectivity index (χ2n) is 4.95. The van der Waals surface area contributed by atoms with E-state index in [0.717, 1.165) is 25.0 Å². The van der Waals surface area contributed by atoms with Gasteiger partial charge in [0.2, 0.25) is 0 Å². The van der Waals surface area contributed by atoms with Gasteiger partial charge >= 0.3 is 6.18 Å². The van der Waals surface area contributed by atoms with Crippen molar-refractivity contribution in [2.45, 2.75) is 37.6 Å². The highest BCUT2D eigenvalue weighted by Gasteiger charge is 2.35. The Labute approximate surface area is 115 Å². The molecule has 2 unspecified atom stereocenters. The second-order valence-corrected chi connectivity index (χ2v) is 4.95. The molecule has 20 heavy (non-hydrogen) atoms. The number of halogens is 4. The van der Waals surface area contributed by atoms with Crippen LogP contribution in [0.4, 0.5) is 17.6 Å². The van der Waals surface area contributed by atoms with Crippen molar-refractivity contribution < 1.29 is 22.3 Å². The van der Waals surface area contributed by atoms with E-state index in [1.807, 2.05) is 0 Å². The predicted molar refractivity (Wildman–Crippen MR) is 66.8 cm³/mol. The molecule has 1 aromatic rings. The third-order valence-corrected chi connectivity index (χ3v) is 3.57. The fourth-order valence-electron chi connectivity index (χ4n) is 2.49. The first-order chi connectivity index (χ1) is 9.41. The Morgan fingerprint density at radius 1 is 1.40 bits per heavy atom. The maximum atomic E-state index is 13.3. The summed E-state index contributed by atoms with van der Waals surface area (Å²) in [6, 6.07) is 2.87. The molecule has 0 amide bonds. The lowest BCUT2D eigenvalue weighted by Crippen LogP contribution is -2.23. The molecule has 0 radical (unpaired) electrons. The summed E-state index contributed by atoms with van der Waals surface area (Å²) in [5, 5.41) is 2.97. The van der Waals surface area contributed by atoms with Gasteiger partial charge in [0.15, 0.2) is 0 Å². The number of ether oxygens (including phenoxy) is 1. The molecule has 0 saturated carbocycles. The summed E-state index contributed by atoms with van der Waals surface area (Å²) in [7, 11) is 1.68. The smallest absolute Gasteiger partial charge is 0.378 e. The number of alkyl halides is 3. The average molecular weight is 291 g/mol. The summed E-state index contributed by atoms with van der Waals surface area (Å²) >= 11 is 0. The minimum atomic E-state index is -4.68. The number of hydrogen-bond donors (Lipinski definition) is 1. The van der Waals surface area contributed by atoms with Gasteiger partial charge in [-0.2, -0.15) is 13.2 Å². The molecule has 0 aromatic heterocycles. The summed E-state index contributed by atoms with van der Waals surface area (Å²) in [6.45, 7) is 0.693. The molecule has 1 aliphatic heterocycles. The molecule has 112 valence electrons. The van der Waals surface area contributed by atoms with E-state index in [9.17, 15) is 17.6 Å². The quantitative estimate of drug-likeness (QED) is 0.855. The van der Waals surface area contributed by atoms with Gasteiger partial charge in [-0.1, -0.05) is 6.07 Å². The number of rotatable bonds is 4. The minimum absolute atomic E-state index is 0.0480. The SMILES string of the molecule is CNC(CC1CCCO1)c1ccc(F)c(C(F)(F)F)c1. The van der Waals surface area contributed by atoms with Crippen LogP contribution in [-0.4, -0.2) is 19.8 Å². The zero-order valence-electron chi connectivity index (χ0n) is 11.1. The molecule has 1 N–H and O–H groups in total. The van der Waals surface area contributed by atoms with Crippen molar-refractivity contribution in [1.29, 1.82) is 0 Å². The molecule has 0 spiro atoms. The molecule has 6 heteroatoms. The first-order valence-corrected chi connectivity index (χ1v) is 6.57. The van der Waals surface area contributed by atoms with Crippen molar-refractivity contribution in [2.24, 2.45) is 0 Å². The van der Waals surface area contributed by atoms with Gasteiger partial charge in [0.25, 0.3) is 0 Å². The zero-order valence-corrected chi connectivity index (χ0v) is 11.1. The van der Waals surface area contributed by atoms with Crippen LogP contribution in [0.25, 0.3) is 0 Å². The Morgan fingerprint density at radius 3 is 2.70 bits per heavy atom. The van der Waals surface area contributed by atoms with Crippen molar-refractivity contribution in [3.63, 3.8) is 0 Å². The Hall–Kier alpha value is -1.14. The molecule has 0 aliphatic carbocycles. The van der Waals surface area contributed by atoms with Gasteiger partial charge in [0.05, 0.1) is 11.7 Å². The lowest BCUT2D eigenvalue weighted by molar-refractivity contribution is -0.140. The lowest BCUT2D eigenvalue weighted by Gasteiger charge is -2.21. The molecule has 1 aromatic carbocycles. The van der Waals surface area contributed by atoms with Gasteiger partial charge in [-0.25, -0.2) is 4.39 Å². The van der Waals surface area contributed by atoms with Crippen molar-refractivity contribution in [1.82, 2.24) is 5.32 Å². The third-order valence-electron chi connectivity index (χ3n) is 3.57. The summed E-state index contributed by atoms with van der Waals surface area (Å²) in [4.78, 5) is 0. The van der Waals surface area contributed by atoms with Crippen molar-refractivity contribution in [3.8, 4) is 0 Å². The van der Waals surface area contributed by atoms with Crippen LogP contribution in [-0.2, 0) is 10.9 Å². The van der Waals surface area contributed by atoms with E-state index >= 15 is 0 Å². The van der Waals surface area contributed by atoms with Gasteiger partial charge in [0, 0.05) is 12.6 Å². The lowest BCUT2D eigenvalue weighted by atomic mass is 9.97. The Morgan fingerprint density at radius 2 is 2.15 bits per heavy atom. The van der Waals surface area contributed by atoms with Gasteiger partial charge in [-0.15, -0.1) is 0 Å². The molecule has 2 rings (SSSR count). The minimum Gasteiger partial charge on any atom is -0.378 e. The summed E-state index contributed by atoms with van der Waals surface area (Å²) in [5.41, 5.74) is -0.792. The van der Waals surface area contributed by atoms with Crippen LogP contribution in [0.3, 0.4) is 0 Å². The van der Waals surface area contributed by atoms with Crippen LogP contribution in [0.1, 0.15) is 36.4 Å². The highest BCUT2D eigenvalue weighted by Crippen LogP contribution is 2.34. The average Bonchev–Trinajstić information content (AvgIpc) is 2.88. The maximum absolute atomic E-state index is 13.3. The van der Waals surface area contributed by atoms with Crippen molar-refractivity contribution >= 4 is 0 Å². The molecule has 2 nitrogen and oxygen atoms in total. The van der Waals surface area contributed by atoms with E-state index in [-0.39, 0.29) is 12.1 Å². The van der Waals surface area contributed by atoms with Crippen LogP contribution < -0.4 is 5.32 Å². The van der Waals surface area contributed by atoms with Crippen LogP contribution in [0.15, 0.2) is 18.2 Å². The molecule has 1 fully saturated rings. The van der Waals surface area contributed by atoms with Gasteiger partial charge in [-0.3, -0.25) is 0 Å². The van der Waals surface area contributed by atoms with Crippen molar-refractivity contribution in [3.05, 3.63) is 35.1 Å². The molecule has 1 saturated heterocycles. The van der Waals surface area contributed by atoms with E-state index in [4.69, 9.17) is 4.74 Å². The summed E-state index contributed by atoms with van der Waals surface area (Å²) in [5.74, 6) is -1.24. The molecule has 0 bridgehead atoms. The van der Waals surface area contributed by atoms with E-state index in [1.54, 1.807) is 7.05 Å². The number of hydrogen-bond acceptors (Lipinski definition) is 2. The number of benzene rings is 1. The Bertz CT molecular complexity index is 455. The third kappa shape index (κ3) is 3.49. The monoisotopic (exact) mass is 291 g/mol. The van der Waals surface area contributed by atoms with Crippen molar-refractivity contribution in [2.75, 3.05) is 13.7 Å². The largest absolute Gasteiger partial charge is 0.419 e. The standard InChI is InChI=1S/C14H17F4NO/c1-19-13(8-10-3-2-6-20-10)9-4-5-12(15)11(7-9)14(16,17)18/h4-5,7,10,13,19H,2-3,6,8H2,1H3. The molecule has 2 atom stereocenters. The first kappa shape index (κ1) is 15.3. The van der Waals surface area contributed by atoms with Crippen LogP contribution in [0, 0.1) is 5.82 Å². The normalized spacial score (nSPS) is 21.1. The topological polar surface area (TPSA) is 21.3 Å². The molecular formula is C14H17F4NO. The zero-order chi connectivity index (χ0) is 14.8. The molecule has 1 heterocycles. The first-order valence-electron chi connectivity index (χ1n) is 6.57. The van der Waals surface area contributed by atoms with E-state index in [2.05, 4.69) is 5.32 Å². The van der Waals surface area contributed by atoms with Crippen LogP contribution >= 0.6 is 0 Å². The summed E-state index contributed by atoms with van der Waals surface area (Å²) < 4.78 is 56.9. The fraction of sp³-hybridized carbons (Fsp3) is 0.571. The Balaban J connectivity index is 2.21. The van der Waals surface area contributed by atoms with E-state index in [0.29, 0.717) is 18.6 Å². The van der Waals surface area contributed by atoms with Gasteiger partial charge in [0.1, 0.15) is 5.82 Å². The van der Waals surface area contributed by atoms with E-state index in [1.165, 1.54) is 6.07 Å². The highest BCUT2D eigenvalue weighted by atomic mass is 19.4. The highest BCUT2D eigenvalue weighted by molar-refractivity contribution is 5.29. The van der Waals surface area contributed by atoms with Crippen LogP contribution in [0.2, 0.25) is 0 Å². The maximum Gasteiger partial charge on any atom is 0.419 e. The molecule has 1 aliphatic rings. The van der Waals surface area contributed by atoms with E-state index < -0.39 is 17.6 Å².